The van der Waals surface area contributed by atoms with E-state index in [1.807, 2.05) is 26.0 Å². The van der Waals surface area contributed by atoms with Crippen LogP contribution in [0.4, 0.5) is 0 Å². The fraction of sp³-hybridized carbons (Fsp3) is 0.500. The molecule has 5 heteroatoms. The monoisotopic (exact) mass is 329 g/mol. The Hall–Kier alpha value is -1.23. The maximum absolute atomic E-state index is 11.8. The molecule has 0 atom stereocenters. The Morgan fingerprint density at radius 2 is 1.68 bits per heavy atom. The van der Waals surface area contributed by atoms with Crippen LogP contribution in [0.5, 0.6) is 11.5 Å². The van der Waals surface area contributed by atoms with Crippen LogP contribution in [0.25, 0.3) is 0 Å². The number of carbonyl (C=O) groups excluding carboxylic acids is 1. The van der Waals surface area contributed by atoms with E-state index in [0.717, 1.165) is 10.0 Å². The van der Waals surface area contributed by atoms with Crippen molar-refractivity contribution in [3.05, 3.63) is 22.2 Å². The molecule has 0 radical (unpaired) electrons. The number of likely N-dealkylation sites (N-methyl/N-ethyl adjacent to an activating group) is 1. The number of rotatable bonds is 6. The van der Waals surface area contributed by atoms with E-state index in [4.69, 9.17) is 9.47 Å². The van der Waals surface area contributed by atoms with Crippen molar-refractivity contribution >= 4 is 21.8 Å². The van der Waals surface area contributed by atoms with Crippen LogP contribution in [-0.4, -0.2) is 38.1 Å². The summed E-state index contributed by atoms with van der Waals surface area (Å²) in [5.74, 6) is 1.42. The second-order valence-electron chi connectivity index (χ2n) is 4.22. The lowest BCUT2D eigenvalue weighted by atomic mass is 10.1. The molecule has 0 aliphatic rings. The molecule has 0 fully saturated rings. The molecule has 0 unspecified atom stereocenters. The van der Waals surface area contributed by atoms with Crippen molar-refractivity contribution in [3.8, 4) is 11.5 Å². The van der Waals surface area contributed by atoms with Crippen LogP contribution in [0.3, 0.4) is 0 Å². The summed E-state index contributed by atoms with van der Waals surface area (Å²) >= 11 is 3.47. The third-order valence-electron chi connectivity index (χ3n) is 2.55. The highest BCUT2D eigenvalue weighted by atomic mass is 79.9. The molecule has 1 aromatic rings. The largest absolute Gasteiger partial charge is 0.490 e. The van der Waals surface area contributed by atoms with E-state index in [2.05, 4.69) is 15.9 Å². The number of hydrogen-bond acceptors (Lipinski definition) is 3. The van der Waals surface area contributed by atoms with Crippen molar-refractivity contribution in [2.45, 2.75) is 20.3 Å². The van der Waals surface area contributed by atoms with E-state index in [1.165, 1.54) is 0 Å². The van der Waals surface area contributed by atoms with Crippen LogP contribution in [0.2, 0.25) is 0 Å². The molecular weight excluding hydrogens is 310 g/mol. The molecule has 1 amide bonds. The van der Waals surface area contributed by atoms with Gasteiger partial charge in [-0.25, -0.2) is 0 Å². The fourth-order valence-corrected chi connectivity index (χ4v) is 2.03. The first kappa shape index (κ1) is 15.8. The number of amides is 1. The summed E-state index contributed by atoms with van der Waals surface area (Å²) in [6.45, 7) is 4.97. The number of nitrogens with zero attached hydrogens (tertiary/aromatic N) is 1. The molecule has 1 rings (SSSR count). The summed E-state index contributed by atoms with van der Waals surface area (Å²) in [5.41, 5.74) is 0.894. The highest BCUT2D eigenvalue weighted by Gasteiger charge is 2.14. The third kappa shape index (κ3) is 4.42. The third-order valence-corrected chi connectivity index (χ3v) is 3.29. The zero-order valence-corrected chi connectivity index (χ0v) is 13.4. The molecule has 0 heterocycles. The minimum Gasteiger partial charge on any atom is -0.490 e. The molecule has 0 saturated carbocycles. The van der Waals surface area contributed by atoms with Gasteiger partial charge in [0.15, 0.2) is 11.5 Å². The van der Waals surface area contributed by atoms with Crippen molar-refractivity contribution in [2.24, 2.45) is 0 Å². The van der Waals surface area contributed by atoms with Crippen molar-refractivity contribution in [1.82, 2.24) is 4.90 Å². The van der Waals surface area contributed by atoms with Gasteiger partial charge in [-0.15, -0.1) is 0 Å². The highest BCUT2D eigenvalue weighted by Crippen LogP contribution is 2.34. The number of ether oxygens (including phenoxy) is 2. The van der Waals surface area contributed by atoms with Gasteiger partial charge < -0.3 is 14.4 Å². The van der Waals surface area contributed by atoms with Gasteiger partial charge in [-0.2, -0.15) is 0 Å². The topological polar surface area (TPSA) is 38.8 Å². The molecule has 19 heavy (non-hydrogen) atoms. The Balaban J connectivity index is 3.05. The Morgan fingerprint density at radius 1 is 1.16 bits per heavy atom. The van der Waals surface area contributed by atoms with Crippen LogP contribution < -0.4 is 9.47 Å². The average molecular weight is 330 g/mol. The number of hydrogen-bond donors (Lipinski definition) is 0. The van der Waals surface area contributed by atoms with E-state index < -0.39 is 0 Å². The van der Waals surface area contributed by atoms with Crippen molar-refractivity contribution < 1.29 is 14.3 Å². The average Bonchev–Trinajstić information content (AvgIpc) is 2.35. The lowest BCUT2D eigenvalue weighted by Gasteiger charge is -2.15. The lowest BCUT2D eigenvalue weighted by Crippen LogP contribution is -2.23. The molecule has 0 bridgehead atoms. The predicted molar refractivity (Wildman–Crippen MR) is 78.9 cm³/mol. The Morgan fingerprint density at radius 3 is 2.16 bits per heavy atom. The minimum atomic E-state index is 0.0484. The molecule has 1 aromatic carbocycles. The maximum Gasteiger partial charge on any atom is 0.226 e. The number of halogens is 1. The van der Waals surface area contributed by atoms with E-state index in [0.29, 0.717) is 31.1 Å². The quantitative estimate of drug-likeness (QED) is 0.805. The van der Waals surface area contributed by atoms with Gasteiger partial charge in [0.05, 0.1) is 19.6 Å². The van der Waals surface area contributed by atoms with E-state index >= 15 is 0 Å². The summed E-state index contributed by atoms with van der Waals surface area (Å²) in [7, 11) is 3.49. The molecule has 0 saturated heterocycles. The van der Waals surface area contributed by atoms with Gasteiger partial charge in [0, 0.05) is 18.6 Å². The molecular formula is C14H20BrNO3. The summed E-state index contributed by atoms with van der Waals surface area (Å²) in [6.07, 6.45) is 0.333. The molecule has 0 N–H and O–H groups in total. The molecule has 0 spiro atoms. The van der Waals surface area contributed by atoms with Gasteiger partial charge in [-0.3, -0.25) is 4.79 Å². The zero-order valence-electron chi connectivity index (χ0n) is 11.8. The van der Waals surface area contributed by atoms with Crippen molar-refractivity contribution in [2.75, 3.05) is 27.3 Å². The standard InChI is InChI=1S/C14H20BrNO3/c1-5-18-12-7-10(8-14(17)16(3)4)11(15)9-13(12)19-6-2/h7,9H,5-6,8H2,1-4H3. The normalized spacial score (nSPS) is 10.2. The van der Waals surface area contributed by atoms with Gasteiger partial charge in [0.25, 0.3) is 0 Å². The van der Waals surface area contributed by atoms with Crippen LogP contribution in [0.15, 0.2) is 16.6 Å². The number of carbonyl (C=O) groups is 1. The first-order valence-corrected chi connectivity index (χ1v) is 7.07. The second-order valence-corrected chi connectivity index (χ2v) is 5.08. The summed E-state index contributed by atoms with van der Waals surface area (Å²) in [5, 5.41) is 0. The molecule has 0 aliphatic carbocycles. The summed E-state index contributed by atoms with van der Waals surface area (Å²) < 4.78 is 11.9. The summed E-state index contributed by atoms with van der Waals surface area (Å²) in [4.78, 5) is 13.3. The minimum absolute atomic E-state index is 0.0484. The van der Waals surface area contributed by atoms with Crippen LogP contribution in [-0.2, 0) is 11.2 Å². The number of benzene rings is 1. The smallest absolute Gasteiger partial charge is 0.226 e. The highest BCUT2D eigenvalue weighted by molar-refractivity contribution is 9.10. The first-order valence-electron chi connectivity index (χ1n) is 6.27. The van der Waals surface area contributed by atoms with Gasteiger partial charge in [0.1, 0.15) is 0 Å². The van der Waals surface area contributed by atoms with Crippen LogP contribution >= 0.6 is 15.9 Å². The summed E-state index contributed by atoms with van der Waals surface area (Å²) in [6, 6.07) is 3.72. The van der Waals surface area contributed by atoms with Crippen LogP contribution in [0, 0.1) is 0 Å². The Bertz CT molecular complexity index is 447. The van der Waals surface area contributed by atoms with Crippen molar-refractivity contribution in [1.29, 1.82) is 0 Å². The SMILES string of the molecule is CCOc1cc(Br)c(CC(=O)N(C)C)cc1OCC. The Labute approximate surface area is 122 Å². The fourth-order valence-electron chi connectivity index (χ4n) is 1.57. The van der Waals surface area contributed by atoms with Gasteiger partial charge in [0.2, 0.25) is 5.91 Å². The van der Waals surface area contributed by atoms with Crippen molar-refractivity contribution in [3.63, 3.8) is 0 Å². The second kappa shape index (κ2) is 7.38. The van der Waals surface area contributed by atoms with Gasteiger partial charge in [-0.1, -0.05) is 15.9 Å². The molecule has 0 aromatic heterocycles. The zero-order chi connectivity index (χ0) is 14.4. The maximum atomic E-state index is 11.8. The van der Waals surface area contributed by atoms with E-state index in [1.54, 1.807) is 19.0 Å². The van der Waals surface area contributed by atoms with Crippen LogP contribution in [0.1, 0.15) is 19.4 Å². The molecule has 4 nitrogen and oxygen atoms in total. The Kier molecular flexibility index (Phi) is 6.15. The van der Waals surface area contributed by atoms with Gasteiger partial charge >= 0.3 is 0 Å². The lowest BCUT2D eigenvalue weighted by molar-refractivity contribution is -0.127. The first-order chi connectivity index (χ1) is 8.99. The van der Waals surface area contributed by atoms with E-state index in [9.17, 15) is 4.79 Å². The van der Waals surface area contributed by atoms with Gasteiger partial charge in [-0.05, 0) is 31.5 Å². The molecule has 0 aliphatic heterocycles. The van der Waals surface area contributed by atoms with E-state index in [-0.39, 0.29) is 5.91 Å². The predicted octanol–water partition coefficient (Wildman–Crippen LogP) is 2.88. The molecule has 106 valence electrons.